The number of rotatable bonds is 5. The fourth-order valence-corrected chi connectivity index (χ4v) is 2.01. The third-order valence-corrected chi connectivity index (χ3v) is 3.19. The Hall–Kier alpha value is -0.970. The van der Waals surface area contributed by atoms with Crippen molar-refractivity contribution in [1.82, 2.24) is 25.5 Å². The molecule has 0 bridgehead atoms. The van der Waals surface area contributed by atoms with Crippen molar-refractivity contribution in [3.05, 3.63) is 5.82 Å². The van der Waals surface area contributed by atoms with Crippen LogP contribution in [0.2, 0.25) is 0 Å². The number of aromatic nitrogens is 4. The molecule has 1 saturated carbocycles. The lowest BCUT2D eigenvalue weighted by molar-refractivity contribution is 0.140. The van der Waals surface area contributed by atoms with Crippen LogP contribution in [-0.2, 0) is 12.1 Å². The summed E-state index contributed by atoms with van der Waals surface area (Å²) in [6, 6.07) is 0. The Bertz CT molecular complexity index is 315. The van der Waals surface area contributed by atoms with Crippen LogP contribution >= 0.6 is 0 Å². The van der Waals surface area contributed by atoms with E-state index in [0.29, 0.717) is 0 Å². The molecule has 1 aromatic rings. The average molecular weight is 209 g/mol. The van der Waals surface area contributed by atoms with Gasteiger partial charge in [-0.2, -0.15) is 0 Å². The smallest absolute Gasteiger partial charge is 0.165 e. The van der Waals surface area contributed by atoms with E-state index in [1.54, 1.807) is 0 Å². The molecule has 0 saturated heterocycles. The molecule has 0 radical (unpaired) electrons. The van der Waals surface area contributed by atoms with Gasteiger partial charge in [0.05, 0.1) is 12.1 Å². The van der Waals surface area contributed by atoms with E-state index in [4.69, 9.17) is 0 Å². The third-order valence-electron chi connectivity index (χ3n) is 3.19. The number of nitrogens with zero attached hydrogens (tertiary/aromatic N) is 4. The fraction of sp³-hybridized carbons (Fsp3) is 0.900. The number of hydrogen-bond donors (Lipinski definition) is 1. The topological polar surface area (TPSA) is 55.6 Å². The predicted octanol–water partition coefficient (Wildman–Crippen LogP) is 1.07. The maximum atomic E-state index is 4.10. The van der Waals surface area contributed by atoms with Gasteiger partial charge >= 0.3 is 0 Å². The highest BCUT2D eigenvalue weighted by atomic mass is 15.6. The second-order valence-electron chi connectivity index (χ2n) is 4.53. The van der Waals surface area contributed by atoms with Crippen molar-refractivity contribution < 1.29 is 0 Å². The minimum Gasteiger partial charge on any atom is -0.310 e. The largest absolute Gasteiger partial charge is 0.310 e. The molecule has 5 nitrogen and oxygen atoms in total. The summed E-state index contributed by atoms with van der Waals surface area (Å²) in [4.78, 5) is 0. The van der Waals surface area contributed by atoms with Crippen LogP contribution in [0, 0.1) is 0 Å². The summed E-state index contributed by atoms with van der Waals surface area (Å²) in [6.45, 7) is 6.18. The third kappa shape index (κ3) is 2.02. The molecular weight excluding hydrogens is 190 g/mol. The monoisotopic (exact) mass is 209 g/mol. The van der Waals surface area contributed by atoms with Gasteiger partial charge in [-0.15, -0.1) is 5.10 Å². The molecule has 0 aromatic carbocycles. The van der Waals surface area contributed by atoms with Gasteiger partial charge in [0.15, 0.2) is 5.82 Å². The zero-order chi connectivity index (χ0) is 10.7. The number of nitrogens with one attached hydrogen (secondary N) is 1. The van der Waals surface area contributed by atoms with Gasteiger partial charge < -0.3 is 5.32 Å². The Balaban J connectivity index is 2.02. The van der Waals surface area contributed by atoms with Crippen molar-refractivity contribution >= 4 is 0 Å². The molecule has 5 heteroatoms. The van der Waals surface area contributed by atoms with E-state index in [-0.39, 0.29) is 5.54 Å². The molecule has 1 heterocycles. The van der Waals surface area contributed by atoms with Crippen LogP contribution in [0.1, 0.15) is 45.4 Å². The van der Waals surface area contributed by atoms with Gasteiger partial charge in [-0.25, -0.2) is 4.68 Å². The SMILES string of the molecule is CCCNCc1nnnn1C1(C)CCC1. The zero-order valence-electron chi connectivity index (χ0n) is 9.53. The minimum atomic E-state index is 0.173. The van der Waals surface area contributed by atoms with Crippen molar-refractivity contribution in [2.24, 2.45) is 0 Å². The molecule has 0 amide bonds. The summed E-state index contributed by atoms with van der Waals surface area (Å²) in [5.41, 5.74) is 0.173. The van der Waals surface area contributed by atoms with Crippen LogP contribution in [0.25, 0.3) is 0 Å². The summed E-state index contributed by atoms with van der Waals surface area (Å²) < 4.78 is 2.00. The molecular formula is C10H19N5. The van der Waals surface area contributed by atoms with E-state index in [0.717, 1.165) is 25.3 Å². The first-order chi connectivity index (χ1) is 7.26. The zero-order valence-corrected chi connectivity index (χ0v) is 9.53. The maximum absolute atomic E-state index is 4.10. The van der Waals surface area contributed by atoms with E-state index in [2.05, 4.69) is 34.7 Å². The molecule has 15 heavy (non-hydrogen) atoms. The van der Waals surface area contributed by atoms with Crippen molar-refractivity contribution in [2.45, 2.75) is 51.6 Å². The first-order valence-electron chi connectivity index (χ1n) is 5.75. The van der Waals surface area contributed by atoms with Gasteiger partial charge in [0.1, 0.15) is 0 Å². The molecule has 1 aliphatic carbocycles. The lowest BCUT2D eigenvalue weighted by atomic mass is 9.78. The van der Waals surface area contributed by atoms with Gasteiger partial charge in [0.2, 0.25) is 0 Å². The second kappa shape index (κ2) is 4.26. The van der Waals surface area contributed by atoms with Crippen molar-refractivity contribution in [3.8, 4) is 0 Å². The molecule has 0 unspecified atom stereocenters. The van der Waals surface area contributed by atoms with E-state index in [9.17, 15) is 0 Å². The van der Waals surface area contributed by atoms with Crippen molar-refractivity contribution in [1.29, 1.82) is 0 Å². The summed E-state index contributed by atoms with van der Waals surface area (Å²) in [5, 5.41) is 15.3. The van der Waals surface area contributed by atoms with E-state index < -0.39 is 0 Å². The van der Waals surface area contributed by atoms with E-state index in [1.165, 1.54) is 19.3 Å². The van der Waals surface area contributed by atoms with Crippen LogP contribution in [0.4, 0.5) is 0 Å². The lowest BCUT2D eigenvalue weighted by Crippen LogP contribution is -2.40. The van der Waals surface area contributed by atoms with Crippen LogP contribution < -0.4 is 5.32 Å². The van der Waals surface area contributed by atoms with Gasteiger partial charge in [-0.1, -0.05) is 6.92 Å². The first-order valence-corrected chi connectivity index (χ1v) is 5.75. The molecule has 1 aliphatic rings. The molecule has 0 spiro atoms. The quantitative estimate of drug-likeness (QED) is 0.737. The van der Waals surface area contributed by atoms with Crippen molar-refractivity contribution in [2.75, 3.05) is 6.54 Å². The Kier molecular flexibility index (Phi) is 3.00. The standard InChI is InChI=1S/C10H19N5/c1-3-7-11-8-9-12-13-14-15(9)10(2)5-4-6-10/h11H,3-8H2,1-2H3. The Morgan fingerprint density at radius 2 is 2.27 bits per heavy atom. The summed E-state index contributed by atoms with van der Waals surface area (Å²) in [7, 11) is 0. The normalized spacial score (nSPS) is 18.8. The van der Waals surface area contributed by atoms with E-state index in [1.807, 2.05) is 4.68 Å². The van der Waals surface area contributed by atoms with Crippen LogP contribution in [0.5, 0.6) is 0 Å². The Labute approximate surface area is 90.2 Å². The van der Waals surface area contributed by atoms with Gasteiger partial charge in [-0.3, -0.25) is 0 Å². The first kappa shape index (κ1) is 10.5. The summed E-state index contributed by atoms with van der Waals surface area (Å²) in [5.74, 6) is 0.964. The highest BCUT2D eigenvalue weighted by Crippen LogP contribution is 2.38. The summed E-state index contributed by atoms with van der Waals surface area (Å²) in [6.07, 6.45) is 4.81. The highest BCUT2D eigenvalue weighted by Gasteiger charge is 2.36. The molecule has 2 rings (SSSR count). The van der Waals surface area contributed by atoms with Crippen LogP contribution in [0.15, 0.2) is 0 Å². The molecule has 1 N–H and O–H groups in total. The van der Waals surface area contributed by atoms with Crippen LogP contribution in [-0.4, -0.2) is 26.8 Å². The Morgan fingerprint density at radius 1 is 1.47 bits per heavy atom. The summed E-state index contributed by atoms with van der Waals surface area (Å²) >= 11 is 0. The van der Waals surface area contributed by atoms with E-state index >= 15 is 0 Å². The molecule has 1 fully saturated rings. The predicted molar refractivity (Wildman–Crippen MR) is 57.3 cm³/mol. The molecule has 84 valence electrons. The van der Waals surface area contributed by atoms with Crippen LogP contribution in [0.3, 0.4) is 0 Å². The minimum absolute atomic E-state index is 0.173. The highest BCUT2D eigenvalue weighted by molar-refractivity contribution is 4.95. The Morgan fingerprint density at radius 3 is 2.87 bits per heavy atom. The van der Waals surface area contributed by atoms with Crippen molar-refractivity contribution in [3.63, 3.8) is 0 Å². The molecule has 0 aliphatic heterocycles. The van der Waals surface area contributed by atoms with Gasteiger partial charge in [0.25, 0.3) is 0 Å². The number of tetrazole rings is 1. The van der Waals surface area contributed by atoms with Gasteiger partial charge in [-0.05, 0) is 49.6 Å². The fourth-order valence-electron chi connectivity index (χ4n) is 2.01. The number of hydrogen-bond acceptors (Lipinski definition) is 4. The van der Waals surface area contributed by atoms with Gasteiger partial charge in [0, 0.05) is 0 Å². The second-order valence-corrected chi connectivity index (χ2v) is 4.53. The molecule has 1 aromatic heterocycles. The average Bonchev–Trinajstić information content (AvgIpc) is 2.63. The molecule has 0 atom stereocenters. The maximum Gasteiger partial charge on any atom is 0.165 e. The lowest BCUT2D eigenvalue weighted by Gasteiger charge is -2.38.